The van der Waals surface area contributed by atoms with Gasteiger partial charge in [-0.15, -0.1) is 0 Å². The monoisotopic (exact) mass is 215 g/mol. The van der Waals surface area contributed by atoms with E-state index in [0.29, 0.717) is 12.3 Å². The summed E-state index contributed by atoms with van der Waals surface area (Å²) in [5, 5.41) is 3.06. The van der Waals surface area contributed by atoms with Gasteiger partial charge in [0.05, 0.1) is 0 Å². The van der Waals surface area contributed by atoms with Crippen molar-refractivity contribution in [2.45, 2.75) is 32.7 Å². The van der Waals surface area contributed by atoms with Crippen molar-refractivity contribution in [3.05, 3.63) is 0 Å². The number of nitrogens with one attached hydrogen (secondary N) is 1. The van der Waals surface area contributed by atoms with Crippen molar-refractivity contribution < 1.29 is 4.79 Å². The van der Waals surface area contributed by atoms with Crippen LogP contribution < -0.4 is 11.1 Å². The summed E-state index contributed by atoms with van der Waals surface area (Å²) in [6, 6.07) is -0.0238. The van der Waals surface area contributed by atoms with Gasteiger partial charge in [-0.05, 0) is 25.9 Å². The van der Waals surface area contributed by atoms with Crippen molar-refractivity contribution >= 4 is 5.91 Å². The van der Waals surface area contributed by atoms with Crippen LogP contribution in [0.15, 0.2) is 0 Å². The van der Waals surface area contributed by atoms with E-state index in [2.05, 4.69) is 5.32 Å². The molecular weight excluding hydrogens is 190 g/mol. The maximum Gasteiger partial charge on any atom is 0.223 e. The third-order valence-corrected chi connectivity index (χ3v) is 2.61. The summed E-state index contributed by atoms with van der Waals surface area (Å²) in [4.78, 5) is 13.4. The Balaban J connectivity index is 3.78. The summed E-state index contributed by atoms with van der Waals surface area (Å²) in [6.45, 7) is 5.82. The predicted molar refractivity (Wildman–Crippen MR) is 63.6 cm³/mol. The molecule has 0 fully saturated rings. The second kappa shape index (κ2) is 7.65. The smallest absolute Gasteiger partial charge is 0.223 e. The second-order valence-electron chi connectivity index (χ2n) is 4.38. The molecule has 90 valence electrons. The minimum absolute atomic E-state index is 0.0238. The lowest BCUT2D eigenvalue weighted by Gasteiger charge is -2.21. The quantitative estimate of drug-likeness (QED) is 0.605. The van der Waals surface area contributed by atoms with Crippen LogP contribution in [0.5, 0.6) is 0 Å². The van der Waals surface area contributed by atoms with Crippen LogP contribution in [-0.4, -0.2) is 44.0 Å². The Morgan fingerprint density at radius 2 is 2.07 bits per heavy atom. The highest BCUT2D eigenvalue weighted by atomic mass is 16.2. The SMILES string of the molecule is CNCCCN(C)C(=O)CC(N)C(C)C. The van der Waals surface area contributed by atoms with Crippen molar-refractivity contribution in [1.29, 1.82) is 0 Å². The molecule has 0 rings (SSSR count). The molecule has 0 aliphatic heterocycles. The Hall–Kier alpha value is -0.610. The maximum absolute atomic E-state index is 11.7. The fraction of sp³-hybridized carbons (Fsp3) is 0.909. The lowest BCUT2D eigenvalue weighted by atomic mass is 10.0. The van der Waals surface area contributed by atoms with E-state index in [9.17, 15) is 4.79 Å². The molecule has 0 spiro atoms. The minimum Gasteiger partial charge on any atom is -0.346 e. The number of nitrogens with zero attached hydrogens (tertiary/aromatic N) is 1. The molecule has 0 aromatic carbocycles. The molecule has 0 aliphatic rings. The summed E-state index contributed by atoms with van der Waals surface area (Å²) < 4.78 is 0. The summed E-state index contributed by atoms with van der Waals surface area (Å²) in [5.74, 6) is 0.506. The van der Waals surface area contributed by atoms with E-state index in [1.165, 1.54) is 0 Å². The van der Waals surface area contributed by atoms with Crippen LogP contribution in [0.4, 0.5) is 0 Å². The number of carbonyl (C=O) groups is 1. The minimum atomic E-state index is -0.0238. The molecule has 0 aromatic rings. The van der Waals surface area contributed by atoms with Gasteiger partial charge in [-0.25, -0.2) is 0 Å². The predicted octanol–water partition coefficient (Wildman–Crippen LogP) is 0.428. The van der Waals surface area contributed by atoms with Gasteiger partial charge in [0.1, 0.15) is 0 Å². The van der Waals surface area contributed by atoms with E-state index >= 15 is 0 Å². The first-order valence-electron chi connectivity index (χ1n) is 5.63. The van der Waals surface area contributed by atoms with E-state index in [-0.39, 0.29) is 11.9 Å². The van der Waals surface area contributed by atoms with E-state index in [1.807, 2.05) is 27.9 Å². The Bertz CT molecular complexity index is 183. The zero-order valence-corrected chi connectivity index (χ0v) is 10.4. The largest absolute Gasteiger partial charge is 0.346 e. The van der Waals surface area contributed by atoms with Gasteiger partial charge >= 0.3 is 0 Å². The molecule has 0 aromatic heterocycles. The third-order valence-electron chi connectivity index (χ3n) is 2.61. The van der Waals surface area contributed by atoms with Gasteiger partial charge in [0, 0.05) is 26.1 Å². The van der Waals surface area contributed by atoms with Crippen molar-refractivity contribution in [2.24, 2.45) is 11.7 Å². The first-order valence-corrected chi connectivity index (χ1v) is 5.63. The Morgan fingerprint density at radius 1 is 1.47 bits per heavy atom. The molecule has 1 amide bonds. The number of amides is 1. The molecule has 0 radical (unpaired) electrons. The van der Waals surface area contributed by atoms with E-state index in [1.54, 1.807) is 4.90 Å². The topological polar surface area (TPSA) is 58.4 Å². The molecule has 0 bridgehead atoms. The van der Waals surface area contributed by atoms with Crippen molar-refractivity contribution in [3.63, 3.8) is 0 Å². The van der Waals surface area contributed by atoms with E-state index < -0.39 is 0 Å². The maximum atomic E-state index is 11.7. The van der Waals surface area contributed by atoms with E-state index in [4.69, 9.17) is 5.73 Å². The van der Waals surface area contributed by atoms with Crippen molar-refractivity contribution in [2.75, 3.05) is 27.2 Å². The summed E-state index contributed by atoms with van der Waals surface area (Å²) >= 11 is 0. The number of hydrogen-bond donors (Lipinski definition) is 2. The Labute approximate surface area is 93.2 Å². The van der Waals surface area contributed by atoms with Gasteiger partial charge in [0.2, 0.25) is 5.91 Å². The zero-order valence-electron chi connectivity index (χ0n) is 10.4. The van der Waals surface area contributed by atoms with Gasteiger partial charge in [0.25, 0.3) is 0 Å². The first kappa shape index (κ1) is 14.4. The van der Waals surface area contributed by atoms with Gasteiger partial charge in [0.15, 0.2) is 0 Å². The lowest BCUT2D eigenvalue weighted by molar-refractivity contribution is -0.130. The normalized spacial score (nSPS) is 12.9. The molecule has 15 heavy (non-hydrogen) atoms. The second-order valence-corrected chi connectivity index (χ2v) is 4.38. The number of nitrogens with two attached hydrogens (primary N) is 1. The fourth-order valence-corrected chi connectivity index (χ4v) is 1.21. The fourth-order valence-electron chi connectivity index (χ4n) is 1.21. The molecule has 0 heterocycles. The highest BCUT2D eigenvalue weighted by Gasteiger charge is 2.15. The molecule has 0 saturated heterocycles. The number of carbonyl (C=O) groups excluding carboxylic acids is 1. The average molecular weight is 215 g/mol. The first-order chi connectivity index (χ1) is 6.99. The standard InChI is InChI=1S/C11H25N3O/c1-9(2)10(12)8-11(15)14(4)7-5-6-13-3/h9-10,13H,5-8,12H2,1-4H3. The molecule has 4 nitrogen and oxygen atoms in total. The summed E-state index contributed by atoms with van der Waals surface area (Å²) in [5.41, 5.74) is 5.85. The van der Waals surface area contributed by atoms with Crippen LogP contribution in [0.2, 0.25) is 0 Å². The molecule has 1 atom stereocenters. The highest BCUT2D eigenvalue weighted by molar-refractivity contribution is 5.76. The van der Waals surface area contributed by atoms with Crippen LogP contribution in [0.3, 0.4) is 0 Å². The molecular formula is C11H25N3O. The third kappa shape index (κ3) is 6.47. The highest BCUT2D eigenvalue weighted by Crippen LogP contribution is 2.05. The van der Waals surface area contributed by atoms with Crippen LogP contribution in [0.25, 0.3) is 0 Å². The van der Waals surface area contributed by atoms with Gasteiger partial charge in [-0.2, -0.15) is 0 Å². The Kier molecular flexibility index (Phi) is 7.34. The molecule has 1 unspecified atom stereocenters. The van der Waals surface area contributed by atoms with Gasteiger partial charge in [-0.1, -0.05) is 13.8 Å². The molecule has 3 N–H and O–H groups in total. The Morgan fingerprint density at radius 3 is 2.53 bits per heavy atom. The van der Waals surface area contributed by atoms with Crippen LogP contribution in [0, 0.1) is 5.92 Å². The van der Waals surface area contributed by atoms with Gasteiger partial charge in [-0.3, -0.25) is 4.79 Å². The summed E-state index contributed by atoms with van der Waals surface area (Å²) in [6.07, 6.45) is 1.43. The van der Waals surface area contributed by atoms with Gasteiger partial charge < -0.3 is 16.0 Å². The van der Waals surface area contributed by atoms with Crippen LogP contribution in [-0.2, 0) is 4.79 Å². The average Bonchev–Trinajstić information content (AvgIpc) is 2.17. The molecule has 4 heteroatoms. The van der Waals surface area contributed by atoms with Crippen LogP contribution in [0.1, 0.15) is 26.7 Å². The zero-order chi connectivity index (χ0) is 11.8. The lowest BCUT2D eigenvalue weighted by Crippen LogP contribution is -2.36. The van der Waals surface area contributed by atoms with Crippen LogP contribution >= 0.6 is 0 Å². The number of rotatable bonds is 7. The number of hydrogen-bond acceptors (Lipinski definition) is 3. The van der Waals surface area contributed by atoms with E-state index in [0.717, 1.165) is 19.5 Å². The van der Waals surface area contributed by atoms with Crippen molar-refractivity contribution in [1.82, 2.24) is 10.2 Å². The molecule has 0 saturated carbocycles. The molecule has 0 aliphatic carbocycles. The summed E-state index contributed by atoms with van der Waals surface area (Å²) in [7, 11) is 3.75. The van der Waals surface area contributed by atoms with Crippen molar-refractivity contribution in [3.8, 4) is 0 Å².